The molecule has 41 heavy (non-hydrogen) atoms. The van der Waals surface area contributed by atoms with Gasteiger partial charge >= 0.3 is 12.7 Å². The van der Waals surface area contributed by atoms with E-state index in [0.717, 1.165) is 24.0 Å². The van der Waals surface area contributed by atoms with E-state index in [1.54, 1.807) is 51.1 Å². The fraction of sp³-hybridized carbons (Fsp3) is 0.500. The Morgan fingerprint density at radius 3 is 2.49 bits per heavy atom. The number of nitrogens with one attached hydrogen (secondary N) is 2. The summed E-state index contributed by atoms with van der Waals surface area (Å²) in [5.74, 6) is -0.191. The van der Waals surface area contributed by atoms with Gasteiger partial charge in [-0.25, -0.2) is 4.79 Å². The number of halogens is 2. The standard InChI is InChI=1S/C30H37F2N3O6/c1-18(36)35-16-22(21-10-11-25(40-28(31)32)26(14-21)39-17-19-8-9-19)13-24(35)27(37)34-23-7-5-6-20(12-23)15-33-29(38)41-30(2,3)4/h5-7,10-12,14,19,22,24,28H,8-9,13,15-17H2,1-4H3,(H,33,38)(H,34,37)/t22?,24-/m1/s1. The number of rotatable bonds is 10. The predicted molar refractivity (Wildman–Crippen MR) is 148 cm³/mol. The molecule has 2 fully saturated rings. The van der Waals surface area contributed by atoms with Crippen LogP contribution in [0.4, 0.5) is 19.3 Å². The maximum Gasteiger partial charge on any atom is 0.407 e. The lowest BCUT2D eigenvalue weighted by Crippen LogP contribution is -2.42. The van der Waals surface area contributed by atoms with Gasteiger partial charge in [0.2, 0.25) is 11.8 Å². The molecule has 2 aromatic carbocycles. The van der Waals surface area contributed by atoms with Gasteiger partial charge in [-0.15, -0.1) is 0 Å². The van der Waals surface area contributed by atoms with Crippen molar-refractivity contribution >= 4 is 23.6 Å². The molecule has 4 rings (SSSR count). The highest BCUT2D eigenvalue weighted by Crippen LogP contribution is 2.39. The zero-order valence-corrected chi connectivity index (χ0v) is 23.7. The first-order valence-electron chi connectivity index (χ1n) is 13.7. The van der Waals surface area contributed by atoms with Crippen LogP contribution in [0, 0.1) is 5.92 Å². The highest BCUT2D eigenvalue weighted by atomic mass is 19.3. The molecular formula is C30H37F2N3O6. The lowest BCUT2D eigenvalue weighted by Gasteiger charge is -2.22. The van der Waals surface area contributed by atoms with Crippen LogP contribution in [0.15, 0.2) is 42.5 Å². The monoisotopic (exact) mass is 573 g/mol. The van der Waals surface area contributed by atoms with E-state index in [1.165, 1.54) is 17.9 Å². The highest BCUT2D eigenvalue weighted by Gasteiger charge is 2.39. The fourth-order valence-corrected chi connectivity index (χ4v) is 4.72. The van der Waals surface area contributed by atoms with Crippen LogP contribution in [0.5, 0.6) is 11.5 Å². The van der Waals surface area contributed by atoms with Gasteiger partial charge in [-0.05, 0) is 81.3 Å². The number of benzene rings is 2. The van der Waals surface area contributed by atoms with E-state index < -0.39 is 24.3 Å². The molecule has 222 valence electrons. The molecule has 1 heterocycles. The molecule has 1 unspecified atom stereocenters. The number of likely N-dealkylation sites (tertiary alicyclic amines) is 1. The van der Waals surface area contributed by atoms with Crippen LogP contribution in [0.25, 0.3) is 0 Å². The summed E-state index contributed by atoms with van der Waals surface area (Å²) in [4.78, 5) is 39.3. The minimum atomic E-state index is -2.98. The summed E-state index contributed by atoms with van der Waals surface area (Å²) in [5, 5.41) is 5.57. The number of nitrogens with zero attached hydrogens (tertiary/aromatic N) is 1. The quantitative estimate of drug-likeness (QED) is 0.392. The smallest absolute Gasteiger partial charge is 0.407 e. The number of ether oxygens (including phenoxy) is 3. The molecule has 1 saturated heterocycles. The minimum Gasteiger partial charge on any atom is -0.489 e. The van der Waals surface area contributed by atoms with E-state index in [-0.39, 0.29) is 35.8 Å². The Labute approximate surface area is 238 Å². The van der Waals surface area contributed by atoms with Crippen LogP contribution >= 0.6 is 0 Å². The maximum absolute atomic E-state index is 13.3. The minimum absolute atomic E-state index is 0.0406. The molecule has 3 amide bonds. The topological polar surface area (TPSA) is 106 Å². The van der Waals surface area contributed by atoms with E-state index in [0.29, 0.717) is 31.2 Å². The summed E-state index contributed by atoms with van der Waals surface area (Å²) in [6.07, 6.45) is 1.89. The van der Waals surface area contributed by atoms with Crippen molar-refractivity contribution in [3.8, 4) is 11.5 Å². The zero-order valence-electron chi connectivity index (χ0n) is 23.7. The third kappa shape index (κ3) is 8.80. The summed E-state index contributed by atoms with van der Waals surface area (Å²) in [6.45, 7) is 4.69. The van der Waals surface area contributed by atoms with Gasteiger partial charge in [0.15, 0.2) is 11.5 Å². The van der Waals surface area contributed by atoms with Gasteiger partial charge in [-0.2, -0.15) is 8.78 Å². The van der Waals surface area contributed by atoms with Gasteiger partial charge in [0.25, 0.3) is 0 Å². The lowest BCUT2D eigenvalue weighted by atomic mass is 9.95. The Morgan fingerprint density at radius 2 is 1.83 bits per heavy atom. The molecule has 1 aliphatic carbocycles. The molecule has 2 N–H and O–H groups in total. The summed E-state index contributed by atoms with van der Waals surface area (Å²) < 4.78 is 41.6. The summed E-state index contributed by atoms with van der Waals surface area (Å²) in [7, 11) is 0. The second-order valence-electron chi connectivity index (χ2n) is 11.5. The summed E-state index contributed by atoms with van der Waals surface area (Å²) in [6, 6.07) is 11.1. The maximum atomic E-state index is 13.3. The van der Waals surface area contributed by atoms with Crippen LogP contribution < -0.4 is 20.1 Å². The number of alkyl halides is 2. The van der Waals surface area contributed by atoms with Crippen LogP contribution in [-0.2, 0) is 20.9 Å². The molecule has 2 atom stereocenters. The van der Waals surface area contributed by atoms with Gasteiger partial charge < -0.3 is 29.7 Å². The molecule has 2 aromatic rings. The Hall–Kier alpha value is -3.89. The molecule has 9 nitrogen and oxygen atoms in total. The molecule has 1 aliphatic heterocycles. The Bertz CT molecular complexity index is 1260. The molecule has 0 aromatic heterocycles. The average molecular weight is 574 g/mol. The van der Waals surface area contributed by atoms with Crippen molar-refractivity contribution in [2.75, 3.05) is 18.5 Å². The van der Waals surface area contributed by atoms with Crippen LogP contribution in [0.3, 0.4) is 0 Å². The Morgan fingerprint density at radius 1 is 1.07 bits per heavy atom. The van der Waals surface area contributed by atoms with Crippen LogP contribution in [-0.4, -0.2) is 54.2 Å². The van der Waals surface area contributed by atoms with Crippen molar-refractivity contribution in [2.24, 2.45) is 5.92 Å². The van der Waals surface area contributed by atoms with Gasteiger partial charge in [-0.1, -0.05) is 18.2 Å². The number of carbonyl (C=O) groups excluding carboxylic acids is 3. The lowest BCUT2D eigenvalue weighted by molar-refractivity contribution is -0.134. The number of carbonyl (C=O) groups is 3. The zero-order chi connectivity index (χ0) is 29.7. The van der Waals surface area contributed by atoms with Gasteiger partial charge in [-0.3, -0.25) is 9.59 Å². The third-order valence-corrected chi connectivity index (χ3v) is 6.87. The highest BCUT2D eigenvalue weighted by molar-refractivity contribution is 5.97. The van der Waals surface area contributed by atoms with Crippen molar-refractivity contribution < 1.29 is 37.4 Å². The summed E-state index contributed by atoms with van der Waals surface area (Å²) >= 11 is 0. The molecule has 1 saturated carbocycles. The van der Waals surface area contributed by atoms with Crippen molar-refractivity contribution in [2.45, 2.75) is 77.7 Å². The SMILES string of the molecule is CC(=O)N1CC(c2ccc(OC(F)F)c(OCC3CC3)c2)C[C@@H]1C(=O)Nc1cccc(CNC(=O)OC(C)(C)C)c1. The first kappa shape index (κ1) is 30.1. The van der Waals surface area contributed by atoms with E-state index in [4.69, 9.17) is 9.47 Å². The first-order valence-corrected chi connectivity index (χ1v) is 13.7. The van der Waals surface area contributed by atoms with Crippen LogP contribution in [0.1, 0.15) is 64.0 Å². The van der Waals surface area contributed by atoms with Crippen LogP contribution in [0.2, 0.25) is 0 Å². The molecule has 0 spiro atoms. The Balaban J connectivity index is 1.43. The molecule has 11 heteroatoms. The number of anilines is 1. The average Bonchev–Trinajstić information content (AvgIpc) is 3.60. The predicted octanol–water partition coefficient (Wildman–Crippen LogP) is 5.44. The van der Waals surface area contributed by atoms with Crippen molar-refractivity contribution in [3.05, 3.63) is 53.6 Å². The second kappa shape index (κ2) is 12.7. The van der Waals surface area contributed by atoms with Crippen molar-refractivity contribution in [3.63, 3.8) is 0 Å². The molecule has 0 radical (unpaired) electrons. The number of amides is 3. The van der Waals surface area contributed by atoms with Gasteiger partial charge in [0, 0.05) is 31.6 Å². The molecule has 2 aliphatic rings. The van der Waals surface area contributed by atoms with Gasteiger partial charge in [0.1, 0.15) is 11.6 Å². The normalized spacial score (nSPS) is 18.7. The van der Waals surface area contributed by atoms with E-state index in [2.05, 4.69) is 15.4 Å². The van der Waals surface area contributed by atoms with E-state index in [9.17, 15) is 23.2 Å². The van der Waals surface area contributed by atoms with E-state index >= 15 is 0 Å². The first-order chi connectivity index (χ1) is 19.4. The summed E-state index contributed by atoms with van der Waals surface area (Å²) in [5.41, 5.74) is 1.43. The van der Waals surface area contributed by atoms with E-state index in [1.807, 2.05) is 6.07 Å². The van der Waals surface area contributed by atoms with Gasteiger partial charge in [0.05, 0.1) is 6.61 Å². The molecule has 0 bridgehead atoms. The van der Waals surface area contributed by atoms with Crippen molar-refractivity contribution in [1.29, 1.82) is 0 Å². The van der Waals surface area contributed by atoms with Crippen molar-refractivity contribution in [1.82, 2.24) is 10.2 Å². The third-order valence-electron chi connectivity index (χ3n) is 6.87. The second-order valence-corrected chi connectivity index (χ2v) is 11.5. The number of hydrogen-bond donors (Lipinski definition) is 2. The number of hydrogen-bond acceptors (Lipinski definition) is 6. The fourth-order valence-electron chi connectivity index (χ4n) is 4.72. The number of alkyl carbamates (subject to hydrolysis) is 1. The largest absolute Gasteiger partial charge is 0.489 e. The Kier molecular flexibility index (Phi) is 9.35. The molecular weight excluding hydrogens is 536 g/mol.